The Morgan fingerprint density at radius 3 is 2.50 bits per heavy atom. The molecule has 4 rings (SSSR count). The second-order valence-corrected chi connectivity index (χ2v) is 13.8. The molecule has 0 radical (unpaired) electrons. The standard InChI is InChI=1S/C28H32ClN3O8S2/c29-24-15-19(11-12-23(24)26-18-27(34)32-42(26,38)39)16-25(31-41(36,37)22-9-2-1-3-10-22)28(35)30-13-4-5-14-40-21-8-6-7-20(33)17-21/h1-3,6-12,15,17,25-26,31,33,38-39H,4-5,13-14,16,18H2,(H,30,35)(H,32,34). The van der Waals surface area contributed by atoms with Gasteiger partial charge in [-0.05, 0) is 60.7 Å². The van der Waals surface area contributed by atoms with Gasteiger partial charge in [0.05, 0.1) is 17.9 Å². The molecule has 0 aromatic heterocycles. The molecule has 3 aromatic carbocycles. The molecule has 1 saturated heterocycles. The number of amides is 2. The summed E-state index contributed by atoms with van der Waals surface area (Å²) in [5, 5.41) is 11.5. The number of sulfonamides is 1. The first-order valence-corrected chi connectivity index (χ1v) is 16.5. The zero-order valence-corrected chi connectivity index (χ0v) is 24.8. The van der Waals surface area contributed by atoms with Crippen LogP contribution in [0.15, 0.2) is 77.7 Å². The summed E-state index contributed by atoms with van der Waals surface area (Å²) in [6.07, 6.45) is 0.980. The van der Waals surface area contributed by atoms with E-state index in [9.17, 15) is 32.2 Å². The van der Waals surface area contributed by atoms with Crippen molar-refractivity contribution in [2.75, 3.05) is 13.2 Å². The van der Waals surface area contributed by atoms with Gasteiger partial charge in [-0.2, -0.15) is 4.72 Å². The molecule has 1 aliphatic heterocycles. The van der Waals surface area contributed by atoms with Crippen LogP contribution in [-0.4, -0.2) is 53.6 Å². The monoisotopic (exact) mass is 637 g/mol. The Bertz CT molecular complexity index is 1520. The fraction of sp³-hybridized carbons (Fsp3) is 0.286. The number of carbonyl (C=O) groups is 2. The number of hydrogen-bond acceptors (Lipinski definition) is 8. The van der Waals surface area contributed by atoms with E-state index in [1.165, 1.54) is 30.3 Å². The molecule has 2 atom stereocenters. The summed E-state index contributed by atoms with van der Waals surface area (Å²) in [5.74, 6) is -0.414. The fourth-order valence-electron chi connectivity index (χ4n) is 4.41. The highest BCUT2D eigenvalue weighted by Crippen LogP contribution is 2.57. The van der Waals surface area contributed by atoms with Gasteiger partial charge in [0.25, 0.3) is 0 Å². The van der Waals surface area contributed by atoms with Crippen LogP contribution in [0.4, 0.5) is 0 Å². The van der Waals surface area contributed by atoms with Crippen molar-refractivity contribution >= 4 is 44.2 Å². The van der Waals surface area contributed by atoms with Gasteiger partial charge in [0.15, 0.2) is 0 Å². The quantitative estimate of drug-likeness (QED) is 0.152. The highest BCUT2D eigenvalue weighted by molar-refractivity contribution is 8.23. The van der Waals surface area contributed by atoms with Gasteiger partial charge in [-0.15, -0.1) is 10.8 Å². The minimum Gasteiger partial charge on any atom is -0.508 e. The zero-order chi connectivity index (χ0) is 30.3. The van der Waals surface area contributed by atoms with Gasteiger partial charge in [0.2, 0.25) is 21.8 Å². The van der Waals surface area contributed by atoms with E-state index in [0.29, 0.717) is 36.3 Å². The Labute approximate surface area is 250 Å². The third-order valence-corrected chi connectivity index (χ3v) is 10.1. The second kappa shape index (κ2) is 13.8. The molecule has 11 nitrogen and oxygen atoms in total. The minimum atomic E-state index is -4.04. The molecule has 2 unspecified atom stereocenters. The van der Waals surface area contributed by atoms with Crippen LogP contribution in [0.2, 0.25) is 5.02 Å². The second-order valence-electron chi connectivity index (χ2n) is 9.70. The molecule has 1 aliphatic rings. The van der Waals surface area contributed by atoms with Gasteiger partial charge in [-0.25, -0.2) is 8.42 Å². The van der Waals surface area contributed by atoms with Crippen LogP contribution in [0, 0.1) is 0 Å². The van der Waals surface area contributed by atoms with Crippen molar-refractivity contribution in [2.45, 2.75) is 41.9 Å². The number of carbonyl (C=O) groups excluding carboxylic acids is 2. The van der Waals surface area contributed by atoms with Crippen LogP contribution in [0.3, 0.4) is 0 Å². The molecule has 2 amide bonds. The number of phenolic OH excluding ortho intramolecular Hbond substituents is 1. The van der Waals surface area contributed by atoms with Crippen molar-refractivity contribution in [1.82, 2.24) is 14.8 Å². The molecule has 3 aromatic rings. The lowest BCUT2D eigenvalue weighted by Gasteiger charge is -2.33. The predicted octanol–water partition coefficient (Wildman–Crippen LogP) is 4.14. The Hall–Kier alpha value is -3.33. The molecule has 6 N–H and O–H groups in total. The Morgan fingerprint density at radius 1 is 1.07 bits per heavy atom. The van der Waals surface area contributed by atoms with E-state index in [1.807, 2.05) is 0 Å². The van der Waals surface area contributed by atoms with E-state index in [0.717, 1.165) is 0 Å². The van der Waals surface area contributed by atoms with Crippen LogP contribution in [0.5, 0.6) is 11.5 Å². The first kappa shape index (κ1) is 31.6. The van der Waals surface area contributed by atoms with Crippen LogP contribution in [-0.2, 0) is 26.0 Å². The topological polar surface area (TPSA) is 174 Å². The molecule has 1 heterocycles. The molecule has 0 aliphatic carbocycles. The average molecular weight is 638 g/mol. The van der Waals surface area contributed by atoms with E-state index in [-0.39, 0.29) is 35.1 Å². The van der Waals surface area contributed by atoms with Crippen LogP contribution < -0.4 is 19.5 Å². The highest BCUT2D eigenvalue weighted by Gasteiger charge is 2.39. The maximum atomic E-state index is 13.2. The number of rotatable bonds is 13. The van der Waals surface area contributed by atoms with Gasteiger partial charge in [0, 0.05) is 17.6 Å². The maximum Gasteiger partial charge on any atom is 0.241 e. The molecule has 226 valence electrons. The summed E-state index contributed by atoms with van der Waals surface area (Å²) >= 11 is 6.45. The number of hydrogen-bond donors (Lipinski definition) is 6. The van der Waals surface area contributed by atoms with Crippen molar-refractivity contribution in [3.63, 3.8) is 0 Å². The Morgan fingerprint density at radius 2 is 1.83 bits per heavy atom. The average Bonchev–Trinajstić information content (AvgIpc) is 3.21. The summed E-state index contributed by atoms with van der Waals surface area (Å²) in [7, 11) is -7.45. The fourth-order valence-corrected chi connectivity index (χ4v) is 7.53. The highest BCUT2D eigenvalue weighted by atomic mass is 35.5. The van der Waals surface area contributed by atoms with Gasteiger partial charge in [-0.3, -0.25) is 23.4 Å². The van der Waals surface area contributed by atoms with Gasteiger partial charge >= 0.3 is 0 Å². The van der Waals surface area contributed by atoms with Crippen molar-refractivity contribution in [2.24, 2.45) is 0 Å². The lowest BCUT2D eigenvalue weighted by Crippen LogP contribution is -2.48. The van der Waals surface area contributed by atoms with Crippen LogP contribution >= 0.6 is 22.4 Å². The first-order valence-electron chi connectivity index (χ1n) is 13.1. The van der Waals surface area contributed by atoms with Gasteiger partial charge in [0.1, 0.15) is 22.8 Å². The number of halogens is 1. The predicted molar refractivity (Wildman–Crippen MR) is 160 cm³/mol. The van der Waals surface area contributed by atoms with Crippen molar-refractivity contribution in [3.05, 3.63) is 88.9 Å². The normalized spacial score (nSPS) is 17.7. The third-order valence-electron chi connectivity index (χ3n) is 6.51. The van der Waals surface area contributed by atoms with Crippen molar-refractivity contribution in [3.8, 4) is 11.5 Å². The minimum absolute atomic E-state index is 0.00360. The lowest BCUT2D eigenvalue weighted by molar-refractivity contribution is -0.122. The van der Waals surface area contributed by atoms with E-state index in [1.54, 1.807) is 42.5 Å². The van der Waals surface area contributed by atoms with E-state index >= 15 is 0 Å². The van der Waals surface area contributed by atoms with E-state index < -0.39 is 43.9 Å². The van der Waals surface area contributed by atoms with Gasteiger partial charge < -0.3 is 15.2 Å². The lowest BCUT2D eigenvalue weighted by atomic mass is 10.0. The summed E-state index contributed by atoms with van der Waals surface area (Å²) in [6, 6.07) is 17.6. The summed E-state index contributed by atoms with van der Waals surface area (Å²) in [6.45, 7) is 0.632. The van der Waals surface area contributed by atoms with Crippen molar-refractivity contribution in [1.29, 1.82) is 0 Å². The zero-order valence-electron chi connectivity index (χ0n) is 22.4. The Balaban J connectivity index is 1.42. The smallest absolute Gasteiger partial charge is 0.241 e. The SMILES string of the molecule is O=C1CC(c2ccc(CC(NS(=O)(=O)c3ccccc3)C(=O)NCCCCOc3cccc(O)c3)cc2Cl)S(O)(O)N1. The van der Waals surface area contributed by atoms with E-state index in [2.05, 4.69) is 14.8 Å². The summed E-state index contributed by atoms with van der Waals surface area (Å²) in [4.78, 5) is 24.9. The number of unbranched alkanes of at least 4 members (excludes halogenated alkanes) is 1. The molecule has 1 fully saturated rings. The number of ether oxygens (including phenoxy) is 1. The molecule has 0 spiro atoms. The van der Waals surface area contributed by atoms with Crippen molar-refractivity contribution < 1.29 is 37.0 Å². The first-order chi connectivity index (χ1) is 19.9. The molecular weight excluding hydrogens is 606 g/mol. The molecule has 0 saturated carbocycles. The maximum absolute atomic E-state index is 13.2. The third kappa shape index (κ3) is 8.37. The number of aromatic hydroxyl groups is 1. The Kier molecular flexibility index (Phi) is 10.4. The van der Waals surface area contributed by atoms with Crippen LogP contribution in [0.25, 0.3) is 0 Å². The molecule has 14 heteroatoms. The number of benzene rings is 3. The van der Waals surface area contributed by atoms with Crippen LogP contribution in [0.1, 0.15) is 35.6 Å². The summed E-state index contributed by atoms with van der Waals surface area (Å²) < 4.78 is 56.8. The molecule has 0 bridgehead atoms. The number of nitrogens with one attached hydrogen (secondary N) is 3. The van der Waals surface area contributed by atoms with E-state index in [4.69, 9.17) is 16.3 Å². The summed E-state index contributed by atoms with van der Waals surface area (Å²) in [5.41, 5.74) is 0.880. The number of phenols is 1. The van der Waals surface area contributed by atoms with Gasteiger partial charge in [-0.1, -0.05) is 48.0 Å². The molecule has 42 heavy (non-hydrogen) atoms. The largest absolute Gasteiger partial charge is 0.508 e. The molecular formula is C28H32ClN3O8S2.